The molecule has 0 amide bonds. The predicted octanol–water partition coefficient (Wildman–Crippen LogP) is 5.62. The van der Waals surface area contributed by atoms with Crippen molar-refractivity contribution in [2.45, 2.75) is 5.92 Å². The van der Waals surface area contributed by atoms with Gasteiger partial charge >= 0.3 is 0 Å². The van der Waals surface area contributed by atoms with Crippen LogP contribution < -0.4 is 0 Å². The Kier molecular flexibility index (Phi) is 7.37. The molecule has 3 aromatic rings. The average Bonchev–Trinajstić information content (AvgIpc) is 3.59. The van der Waals surface area contributed by atoms with Crippen LogP contribution in [0.4, 0.5) is 0 Å². The van der Waals surface area contributed by atoms with Gasteiger partial charge in [-0.2, -0.15) is 52.6 Å². The van der Waals surface area contributed by atoms with Crippen LogP contribution >= 0.6 is 0 Å². The van der Waals surface area contributed by atoms with Crippen LogP contribution in [-0.4, -0.2) is 0 Å². The smallest absolute Gasteiger partial charge is 0.144 e. The predicted molar refractivity (Wildman–Crippen MR) is 159 cm³/mol. The summed E-state index contributed by atoms with van der Waals surface area (Å²) in [7, 11) is 0. The highest BCUT2D eigenvalue weighted by molar-refractivity contribution is 6.26. The lowest BCUT2D eigenvalue weighted by atomic mass is 9.80. The summed E-state index contributed by atoms with van der Waals surface area (Å²) in [5, 5.41) is 99.3. The molecule has 3 aromatic carbocycles. The van der Waals surface area contributed by atoms with Gasteiger partial charge in [0.1, 0.15) is 35.8 Å². The van der Waals surface area contributed by atoms with E-state index in [2.05, 4.69) is 12.1 Å². The number of fused-ring (bicyclic) bond motifs is 2. The lowest BCUT2D eigenvalue weighted by Gasteiger charge is -2.19. The SMILES string of the molecule is N#CC(C#N)=C1C(c2cc(C#N)cc(C#N)c2)=C(C#N)c2cc3c(cc21)C(C(C#N)C#N)C(c1cc(C#N)cc(C#N)c1)=C3C#N. The second kappa shape index (κ2) is 11.6. The summed E-state index contributed by atoms with van der Waals surface area (Å²) >= 11 is 0. The number of benzene rings is 3. The number of allylic oxidation sites excluding steroid dienone is 6. The van der Waals surface area contributed by atoms with Crippen LogP contribution in [0.5, 0.6) is 0 Å². The normalized spacial score (nSPS) is 13.6. The molecule has 0 aliphatic heterocycles. The maximum absolute atomic E-state index is 10.4. The molecule has 0 saturated heterocycles. The van der Waals surface area contributed by atoms with Gasteiger partial charge in [0.15, 0.2) is 0 Å². The van der Waals surface area contributed by atoms with Crippen LogP contribution in [-0.2, 0) is 0 Å². The van der Waals surface area contributed by atoms with Gasteiger partial charge in [0.25, 0.3) is 0 Å². The minimum absolute atomic E-state index is 0.00688. The van der Waals surface area contributed by atoms with E-state index in [9.17, 15) is 52.6 Å². The highest BCUT2D eigenvalue weighted by Crippen LogP contribution is 2.55. The molecule has 0 saturated carbocycles. The van der Waals surface area contributed by atoms with Gasteiger partial charge in [-0.3, -0.25) is 0 Å². The van der Waals surface area contributed by atoms with E-state index < -0.39 is 11.8 Å². The molecule has 0 N–H and O–H groups in total. The second-order valence-electron chi connectivity index (χ2n) is 9.98. The van der Waals surface area contributed by atoms with Crippen molar-refractivity contribution in [3.05, 3.63) is 110 Å². The third-order valence-corrected chi connectivity index (χ3v) is 7.70. The number of rotatable bonds is 3. The molecule has 0 fully saturated rings. The quantitative estimate of drug-likeness (QED) is 0.345. The van der Waals surface area contributed by atoms with Crippen LogP contribution in [0.2, 0.25) is 0 Å². The fraction of sp³-hybridized carbons (Fsp3) is 0.0556. The fourth-order valence-electron chi connectivity index (χ4n) is 5.94. The Balaban J connectivity index is 1.93. The van der Waals surface area contributed by atoms with Gasteiger partial charge < -0.3 is 0 Å². The molecule has 0 heterocycles. The van der Waals surface area contributed by atoms with Gasteiger partial charge in [-0.05, 0) is 81.9 Å². The van der Waals surface area contributed by atoms with E-state index in [-0.39, 0.29) is 83.5 Å². The van der Waals surface area contributed by atoms with E-state index in [0.717, 1.165) is 0 Å². The summed E-state index contributed by atoms with van der Waals surface area (Å²) in [4.78, 5) is 0. The monoisotopic (exact) mass is 582 g/mol. The van der Waals surface area contributed by atoms with Crippen molar-refractivity contribution in [3.8, 4) is 60.7 Å². The van der Waals surface area contributed by atoms with Crippen molar-refractivity contribution in [3.63, 3.8) is 0 Å². The molecule has 1 atom stereocenters. The van der Waals surface area contributed by atoms with Crippen LogP contribution in [0.3, 0.4) is 0 Å². The van der Waals surface area contributed by atoms with Gasteiger partial charge in [-0.15, -0.1) is 0 Å². The minimum atomic E-state index is -1.34. The van der Waals surface area contributed by atoms with E-state index in [1.54, 1.807) is 0 Å². The molecular weight excluding hydrogens is 572 g/mol. The zero-order chi connectivity index (χ0) is 33.1. The fourth-order valence-corrected chi connectivity index (χ4v) is 5.94. The van der Waals surface area contributed by atoms with Gasteiger partial charge in [-0.1, -0.05) is 0 Å². The Labute approximate surface area is 262 Å². The van der Waals surface area contributed by atoms with Gasteiger partial charge in [0.05, 0.1) is 69.8 Å². The third-order valence-electron chi connectivity index (χ3n) is 7.70. The van der Waals surface area contributed by atoms with E-state index in [4.69, 9.17) is 0 Å². The number of hydrogen-bond acceptors (Lipinski definition) is 10. The minimum Gasteiger partial charge on any atom is -0.197 e. The maximum atomic E-state index is 10.4. The molecule has 1 unspecified atom stereocenters. The molecule has 0 spiro atoms. The zero-order valence-corrected chi connectivity index (χ0v) is 23.2. The molecule has 5 rings (SSSR count). The summed E-state index contributed by atoms with van der Waals surface area (Å²) < 4.78 is 0. The maximum Gasteiger partial charge on any atom is 0.144 e. The highest BCUT2D eigenvalue weighted by atomic mass is 14.5. The van der Waals surface area contributed by atoms with Crippen LogP contribution in [0.25, 0.3) is 27.9 Å². The molecule has 10 nitrogen and oxygen atoms in total. The molecular formula is C36H10N10. The number of hydrogen-bond donors (Lipinski definition) is 0. The molecule has 2 aliphatic carbocycles. The lowest BCUT2D eigenvalue weighted by molar-refractivity contribution is 0.757. The molecule has 10 heteroatoms. The number of nitriles is 10. The Hall–Kier alpha value is -8.22. The van der Waals surface area contributed by atoms with Crippen molar-refractivity contribution in [1.82, 2.24) is 0 Å². The van der Waals surface area contributed by atoms with Gasteiger partial charge in [0.2, 0.25) is 0 Å². The first-order chi connectivity index (χ1) is 22.4. The summed E-state index contributed by atoms with van der Waals surface area (Å²) in [5.74, 6) is -2.40. The van der Waals surface area contributed by atoms with Crippen molar-refractivity contribution in [2.75, 3.05) is 0 Å². The third kappa shape index (κ3) is 4.35. The zero-order valence-electron chi connectivity index (χ0n) is 23.2. The molecule has 0 bridgehead atoms. The summed E-state index contributed by atoms with van der Waals surface area (Å²) in [6.07, 6.45) is 0. The van der Waals surface area contributed by atoms with Crippen molar-refractivity contribution in [1.29, 1.82) is 52.6 Å². The Bertz CT molecular complexity index is 2400. The first-order valence-corrected chi connectivity index (χ1v) is 13.1. The van der Waals surface area contributed by atoms with E-state index >= 15 is 0 Å². The largest absolute Gasteiger partial charge is 0.197 e. The second-order valence-corrected chi connectivity index (χ2v) is 9.98. The van der Waals surface area contributed by atoms with Crippen LogP contribution in [0.15, 0.2) is 54.1 Å². The Morgan fingerprint density at radius 3 is 1.43 bits per heavy atom. The lowest BCUT2D eigenvalue weighted by Crippen LogP contribution is -2.10. The topological polar surface area (TPSA) is 238 Å². The van der Waals surface area contributed by atoms with E-state index in [1.807, 2.05) is 48.6 Å². The summed E-state index contributed by atoms with van der Waals surface area (Å²) in [5.41, 5.74) is 2.16. The van der Waals surface area contributed by atoms with E-state index in [1.165, 1.54) is 48.5 Å². The van der Waals surface area contributed by atoms with Crippen molar-refractivity contribution >= 4 is 27.9 Å². The van der Waals surface area contributed by atoms with Crippen molar-refractivity contribution in [2.24, 2.45) is 5.92 Å². The molecule has 204 valence electrons. The highest BCUT2D eigenvalue weighted by Gasteiger charge is 2.41. The molecule has 0 aromatic heterocycles. The van der Waals surface area contributed by atoms with Crippen LogP contribution in [0.1, 0.15) is 61.6 Å². The van der Waals surface area contributed by atoms with Gasteiger partial charge in [0, 0.05) is 22.6 Å². The van der Waals surface area contributed by atoms with Crippen molar-refractivity contribution < 1.29 is 0 Å². The average molecular weight is 583 g/mol. The molecule has 0 radical (unpaired) electrons. The van der Waals surface area contributed by atoms with E-state index in [0.29, 0.717) is 5.56 Å². The standard InChI is InChI=1S/C36H10N10/c37-9-19-1-20(10-38)4-23(3-19)33-31(17-45)27-7-28-30(8-29(27)35(33)25(13-41)14-42)36(26(15-43)16-44)34(32(28)18-46)24-5-21(11-39)2-22(6-24)12-40/h1-8,25,35H. The van der Waals surface area contributed by atoms with Gasteiger partial charge in [-0.25, -0.2) is 0 Å². The Morgan fingerprint density at radius 1 is 0.500 bits per heavy atom. The molecule has 46 heavy (non-hydrogen) atoms. The Morgan fingerprint density at radius 2 is 1.00 bits per heavy atom. The first-order valence-electron chi connectivity index (χ1n) is 13.1. The first kappa shape index (κ1) is 29.3. The summed E-state index contributed by atoms with van der Waals surface area (Å²) in [6, 6.07) is 31.3. The number of nitrogens with zero attached hydrogens (tertiary/aromatic N) is 10. The van der Waals surface area contributed by atoms with Crippen LogP contribution in [0, 0.1) is 119 Å². The summed E-state index contributed by atoms with van der Waals surface area (Å²) in [6.45, 7) is 0. The molecule has 2 aliphatic rings.